The van der Waals surface area contributed by atoms with E-state index in [1.165, 1.54) is 12.1 Å². The van der Waals surface area contributed by atoms with Gasteiger partial charge >= 0.3 is 5.97 Å². The Labute approximate surface area is 274 Å². The molecule has 1 saturated heterocycles. The summed E-state index contributed by atoms with van der Waals surface area (Å²) in [5, 5.41) is 15.0. The summed E-state index contributed by atoms with van der Waals surface area (Å²) in [6.45, 7) is 1.91. The van der Waals surface area contributed by atoms with Crippen LogP contribution >= 0.6 is 12.0 Å². The van der Waals surface area contributed by atoms with Gasteiger partial charge in [0, 0.05) is 62.2 Å². The summed E-state index contributed by atoms with van der Waals surface area (Å²) in [5.74, 6) is -2.52. The Morgan fingerprint density at radius 3 is 2.11 bits per heavy atom. The highest BCUT2D eigenvalue weighted by Gasteiger charge is 2.35. The Bertz CT molecular complexity index is 1860. The first-order chi connectivity index (χ1) is 22.6. The number of benzene rings is 3. The van der Waals surface area contributed by atoms with Gasteiger partial charge in [-0.15, -0.1) is 5.06 Å². The summed E-state index contributed by atoms with van der Waals surface area (Å²) in [6.07, 6.45) is -0.0441. The van der Waals surface area contributed by atoms with Gasteiger partial charge in [-0.25, -0.2) is 17.5 Å². The molecule has 47 heavy (non-hydrogen) atoms. The van der Waals surface area contributed by atoms with E-state index in [-0.39, 0.29) is 42.7 Å². The lowest BCUT2D eigenvalue weighted by Crippen LogP contribution is -2.40. The number of hydrogen-bond donors (Lipinski definition) is 0. The van der Waals surface area contributed by atoms with E-state index in [1.807, 2.05) is 35.8 Å². The molecule has 13 nitrogen and oxygen atoms in total. The van der Waals surface area contributed by atoms with Crippen LogP contribution in [0.15, 0.2) is 77.7 Å². The number of carbonyl (C=O) groups excluding carboxylic acids is 4. The Hall–Kier alpha value is -4.41. The first-order valence-corrected chi connectivity index (χ1v) is 17.1. The van der Waals surface area contributed by atoms with Crippen LogP contribution in [-0.2, 0) is 45.2 Å². The lowest BCUT2D eigenvalue weighted by Gasteiger charge is -2.24. The average Bonchev–Trinajstić information content (AvgIpc) is 3.38. The van der Waals surface area contributed by atoms with Crippen LogP contribution in [-0.4, -0.2) is 53.8 Å². The number of para-hydroxylation sites is 2. The van der Waals surface area contributed by atoms with Crippen LogP contribution in [0.1, 0.15) is 48.0 Å². The first-order valence-electron chi connectivity index (χ1n) is 14.7. The van der Waals surface area contributed by atoms with Crippen molar-refractivity contribution in [2.75, 3.05) is 12.3 Å². The van der Waals surface area contributed by atoms with Gasteiger partial charge in [0.05, 0.1) is 21.2 Å². The van der Waals surface area contributed by atoms with Crippen molar-refractivity contribution >= 4 is 67.6 Å². The fourth-order valence-corrected chi connectivity index (χ4v) is 7.16. The molecule has 0 N–H and O–H groups in total. The molecule has 1 aliphatic heterocycles. The van der Waals surface area contributed by atoms with E-state index in [0.29, 0.717) is 45.6 Å². The summed E-state index contributed by atoms with van der Waals surface area (Å²) in [7, 11) is -4.42. The first kappa shape index (κ1) is 33.9. The molecular formula is C32H31N3O10S2. The minimum atomic E-state index is -4.42. The van der Waals surface area contributed by atoms with Crippen molar-refractivity contribution in [3.05, 3.63) is 83.9 Å². The SMILES string of the molecule is Cc1ccc(S(=O)(=O)N(CCCC(=O)ON2C(=O)CCC2=O)C(=O)c2c3ccccc3[n+](CCCSOO[O-])c3ccccc23)cc1. The van der Waals surface area contributed by atoms with Crippen molar-refractivity contribution in [3.8, 4) is 0 Å². The van der Waals surface area contributed by atoms with Crippen molar-refractivity contribution in [2.24, 2.45) is 0 Å². The number of aryl methyl sites for hydroxylation is 2. The van der Waals surface area contributed by atoms with Crippen LogP contribution in [0, 0.1) is 6.92 Å². The molecule has 0 saturated carbocycles. The molecule has 246 valence electrons. The molecule has 3 amide bonds. The monoisotopic (exact) mass is 681 g/mol. The molecule has 5 rings (SSSR count). The highest BCUT2D eigenvalue weighted by molar-refractivity contribution is 7.94. The van der Waals surface area contributed by atoms with Crippen molar-refractivity contribution in [2.45, 2.75) is 50.5 Å². The molecule has 0 atom stereocenters. The molecule has 1 aliphatic rings. The summed E-state index contributed by atoms with van der Waals surface area (Å²) < 4.78 is 35.3. The molecule has 0 bridgehead atoms. The van der Waals surface area contributed by atoms with Crippen LogP contribution in [0.3, 0.4) is 0 Å². The van der Waals surface area contributed by atoms with Crippen molar-refractivity contribution in [1.29, 1.82) is 0 Å². The highest BCUT2D eigenvalue weighted by Crippen LogP contribution is 2.29. The van der Waals surface area contributed by atoms with Crippen molar-refractivity contribution in [1.82, 2.24) is 9.37 Å². The van der Waals surface area contributed by atoms with E-state index in [0.717, 1.165) is 21.9 Å². The second kappa shape index (κ2) is 15.0. The number of rotatable bonds is 14. The summed E-state index contributed by atoms with van der Waals surface area (Å²) in [6, 6.07) is 20.4. The van der Waals surface area contributed by atoms with Crippen LogP contribution in [0.5, 0.6) is 0 Å². The van der Waals surface area contributed by atoms with Gasteiger partial charge in [0.2, 0.25) is 11.0 Å². The lowest BCUT2D eigenvalue weighted by atomic mass is 10.0. The smallest absolute Gasteiger partial charge is 0.333 e. The van der Waals surface area contributed by atoms with Crippen LogP contribution < -0.4 is 9.82 Å². The summed E-state index contributed by atoms with van der Waals surface area (Å²) in [5.41, 5.74) is 2.34. The number of carbonyl (C=O) groups is 4. The molecule has 0 radical (unpaired) electrons. The summed E-state index contributed by atoms with van der Waals surface area (Å²) in [4.78, 5) is 55.7. The third-order valence-electron chi connectivity index (χ3n) is 7.60. The normalized spacial score (nSPS) is 13.4. The zero-order chi connectivity index (χ0) is 33.6. The van der Waals surface area contributed by atoms with E-state index in [1.54, 1.807) is 36.4 Å². The van der Waals surface area contributed by atoms with Gasteiger partial charge in [0.15, 0.2) is 6.54 Å². The van der Waals surface area contributed by atoms with E-state index in [4.69, 9.17) is 4.84 Å². The number of pyridine rings is 1. The van der Waals surface area contributed by atoms with E-state index in [2.05, 4.69) is 9.37 Å². The number of sulfonamides is 1. The molecule has 15 heteroatoms. The quantitative estimate of drug-likeness (QED) is 0.0366. The topological polar surface area (TPSA) is 164 Å². The third kappa shape index (κ3) is 7.44. The minimum absolute atomic E-state index is 0.0635. The zero-order valence-corrected chi connectivity index (χ0v) is 27.0. The number of amides is 3. The largest absolute Gasteiger partial charge is 0.691 e. The number of aromatic nitrogens is 1. The van der Waals surface area contributed by atoms with Crippen molar-refractivity contribution in [3.63, 3.8) is 0 Å². The van der Waals surface area contributed by atoms with Crippen LogP contribution in [0.2, 0.25) is 0 Å². The Kier molecular flexibility index (Phi) is 10.8. The van der Waals surface area contributed by atoms with Gasteiger partial charge in [-0.05, 0) is 37.6 Å². The second-order valence-corrected chi connectivity index (χ2v) is 13.4. The Morgan fingerprint density at radius 1 is 0.915 bits per heavy atom. The molecule has 2 heterocycles. The predicted octanol–water partition coefficient (Wildman–Crippen LogP) is 3.07. The van der Waals surface area contributed by atoms with Crippen LogP contribution in [0.25, 0.3) is 21.8 Å². The van der Waals surface area contributed by atoms with Gasteiger partial charge in [-0.2, -0.15) is 8.90 Å². The zero-order valence-electron chi connectivity index (χ0n) is 25.3. The number of hydroxylamine groups is 2. The Morgan fingerprint density at radius 2 is 1.51 bits per heavy atom. The maximum absolute atomic E-state index is 14.6. The molecule has 3 aromatic carbocycles. The maximum Gasteiger partial charge on any atom is 0.333 e. The van der Waals surface area contributed by atoms with E-state index < -0.39 is 33.7 Å². The molecule has 1 aromatic heterocycles. The number of imide groups is 1. The molecule has 4 aromatic rings. The fourth-order valence-electron chi connectivity index (χ4n) is 5.39. The molecule has 1 fully saturated rings. The van der Waals surface area contributed by atoms with Crippen LogP contribution in [0.4, 0.5) is 0 Å². The van der Waals surface area contributed by atoms with Gasteiger partial charge in [0.1, 0.15) is 0 Å². The van der Waals surface area contributed by atoms with E-state index >= 15 is 0 Å². The highest BCUT2D eigenvalue weighted by atomic mass is 32.2. The standard InChI is InChI=1S/C32H31N3O10S2/c1-22-13-15-23(16-14-22)47(41,42)34(20-6-12-30(38)43-35-28(36)17-18-29(35)37)32(39)31-24-8-2-4-10-26(24)33(19-7-21-46-45-44-40)27-11-5-3-9-25(27)31/h2-5,8-11,13-16H,6-7,12,17-21H2,1H3. The van der Waals surface area contributed by atoms with Gasteiger partial charge < -0.3 is 10.1 Å². The van der Waals surface area contributed by atoms with Crippen molar-refractivity contribution < 1.29 is 51.6 Å². The lowest BCUT2D eigenvalue weighted by molar-refractivity contribution is -0.777. The molecule has 0 unspecified atom stereocenters. The Balaban J connectivity index is 1.52. The molecule has 0 spiro atoms. The maximum atomic E-state index is 14.6. The molecular weight excluding hydrogens is 650 g/mol. The predicted molar refractivity (Wildman–Crippen MR) is 167 cm³/mol. The third-order valence-corrected chi connectivity index (χ3v) is 10.0. The molecule has 0 aliphatic carbocycles. The van der Waals surface area contributed by atoms with Gasteiger partial charge in [-0.1, -0.05) is 42.0 Å². The van der Waals surface area contributed by atoms with Gasteiger partial charge in [0.25, 0.3) is 27.7 Å². The van der Waals surface area contributed by atoms with E-state index in [9.17, 15) is 32.9 Å². The summed E-state index contributed by atoms with van der Waals surface area (Å²) >= 11 is 0.871. The fraction of sp³-hybridized carbons (Fsp3) is 0.281. The van der Waals surface area contributed by atoms with Gasteiger partial charge in [-0.3, -0.25) is 19.4 Å². The minimum Gasteiger partial charge on any atom is -0.691 e. The number of hydrogen-bond acceptors (Lipinski definition) is 11. The number of fused-ring (bicyclic) bond motifs is 2. The second-order valence-electron chi connectivity index (χ2n) is 10.7. The average molecular weight is 682 g/mol. The number of nitrogens with zero attached hydrogens (tertiary/aromatic N) is 3.